The molecule has 9 nitrogen and oxygen atoms in total. The lowest BCUT2D eigenvalue weighted by molar-refractivity contribution is 0.0691. The summed E-state index contributed by atoms with van der Waals surface area (Å²) in [5, 5.41) is 19.3. The summed E-state index contributed by atoms with van der Waals surface area (Å²) in [5.41, 5.74) is -0.518. The molecule has 3 N–H and O–H groups in total. The molecule has 2 heterocycles. The zero-order valence-corrected chi connectivity index (χ0v) is 16.1. The number of aromatic hydroxyl groups is 1. The highest BCUT2D eigenvalue weighted by Crippen LogP contribution is 2.27. The lowest BCUT2D eigenvalue weighted by Crippen LogP contribution is -2.25. The van der Waals surface area contributed by atoms with Crippen LogP contribution in [0.3, 0.4) is 0 Å². The van der Waals surface area contributed by atoms with E-state index in [9.17, 15) is 27.5 Å². The van der Waals surface area contributed by atoms with Crippen LogP contribution in [0, 0.1) is 5.82 Å². The van der Waals surface area contributed by atoms with Crippen LogP contribution in [0.25, 0.3) is 11.0 Å². The van der Waals surface area contributed by atoms with E-state index in [1.807, 2.05) is 0 Å². The Morgan fingerprint density at radius 1 is 1.31 bits per heavy atom. The number of hydrogen-bond donors (Lipinski definition) is 3. The fourth-order valence-electron chi connectivity index (χ4n) is 2.94. The van der Waals surface area contributed by atoms with Crippen molar-refractivity contribution >= 4 is 32.7 Å². The number of rotatable bonds is 5. The fraction of sp³-hybridized carbons (Fsp3) is 0.167. The standard InChI is InChI=1S/C18H16FN3O6S/c1-22-13-6-9(8-20-15(13)16(23)14(17(22)24)18(25)26)5-10-3-4-11(19)7-12(10)21-29(2,27)28/h3-4,6-8,21,23H,5H2,1-2H3,(H,25,26). The Hall–Kier alpha value is -3.47. The maximum absolute atomic E-state index is 13.6. The van der Waals surface area contributed by atoms with E-state index < -0.39 is 38.7 Å². The van der Waals surface area contributed by atoms with E-state index in [1.165, 1.54) is 31.4 Å². The molecular weight excluding hydrogens is 405 g/mol. The van der Waals surface area contributed by atoms with Gasteiger partial charge in [0, 0.05) is 19.7 Å². The van der Waals surface area contributed by atoms with Gasteiger partial charge in [-0.15, -0.1) is 0 Å². The summed E-state index contributed by atoms with van der Waals surface area (Å²) in [4.78, 5) is 27.5. The molecule has 0 saturated carbocycles. The van der Waals surface area contributed by atoms with Gasteiger partial charge in [0.15, 0.2) is 11.3 Å². The molecule has 0 spiro atoms. The maximum atomic E-state index is 13.6. The lowest BCUT2D eigenvalue weighted by atomic mass is 10.0. The van der Waals surface area contributed by atoms with E-state index in [0.717, 1.165) is 16.9 Å². The van der Waals surface area contributed by atoms with Crippen molar-refractivity contribution in [2.24, 2.45) is 7.05 Å². The van der Waals surface area contributed by atoms with Crippen LogP contribution in [-0.4, -0.2) is 40.4 Å². The van der Waals surface area contributed by atoms with Crippen LogP contribution in [0.5, 0.6) is 5.75 Å². The third-order valence-electron chi connectivity index (χ3n) is 4.24. The van der Waals surface area contributed by atoms with Gasteiger partial charge >= 0.3 is 5.97 Å². The van der Waals surface area contributed by atoms with Crippen molar-refractivity contribution in [3.63, 3.8) is 0 Å². The minimum Gasteiger partial charge on any atom is -0.505 e. The Morgan fingerprint density at radius 3 is 2.62 bits per heavy atom. The van der Waals surface area contributed by atoms with Crippen molar-refractivity contribution in [2.45, 2.75) is 6.42 Å². The average molecular weight is 421 g/mol. The van der Waals surface area contributed by atoms with Crippen molar-refractivity contribution in [2.75, 3.05) is 11.0 Å². The minimum atomic E-state index is -3.64. The molecule has 3 aromatic rings. The molecule has 0 aliphatic carbocycles. The quantitative estimate of drug-likeness (QED) is 0.566. The van der Waals surface area contributed by atoms with Gasteiger partial charge in [-0.25, -0.2) is 17.6 Å². The number of nitrogens with one attached hydrogen (secondary N) is 1. The number of carboxylic acid groups (broad SMARTS) is 1. The fourth-order valence-corrected chi connectivity index (χ4v) is 3.53. The molecule has 11 heteroatoms. The number of hydrogen-bond acceptors (Lipinski definition) is 6. The number of sulfonamides is 1. The summed E-state index contributed by atoms with van der Waals surface area (Å²) < 4.78 is 39.9. The Kier molecular flexibility index (Phi) is 5.01. The number of carboxylic acids is 1. The van der Waals surface area contributed by atoms with Gasteiger partial charge in [0.25, 0.3) is 5.56 Å². The summed E-state index contributed by atoms with van der Waals surface area (Å²) >= 11 is 0. The van der Waals surface area contributed by atoms with E-state index in [-0.39, 0.29) is 23.1 Å². The normalized spacial score (nSPS) is 11.6. The molecule has 1 aromatic carbocycles. The second kappa shape index (κ2) is 7.17. The van der Waals surface area contributed by atoms with Crippen LogP contribution in [0.2, 0.25) is 0 Å². The number of carbonyl (C=O) groups is 1. The number of benzene rings is 1. The van der Waals surface area contributed by atoms with Crippen molar-refractivity contribution in [1.82, 2.24) is 9.55 Å². The Morgan fingerprint density at radius 2 is 2.00 bits per heavy atom. The van der Waals surface area contributed by atoms with Gasteiger partial charge in [-0.1, -0.05) is 6.07 Å². The van der Waals surface area contributed by atoms with Gasteiger partial charge in [-0.2, -0.15) is 0 Å². The molecule has 29 heavy (non-hydrogen) atoms. The first-order chi connectivity index (χ1) is 13.5. The number of pyridine rings is 2. The molecule has 0 aliphatic heterocycles. The molecule has 0 radical (unpaired) electrons. The molecule has 3 rings (SSSR count). The molecule has 0 amide bonds. The summed E-state index contributed by atoms with van der Waals surface area (Å²) in [6.07, 6.45) is 2.43. The largest absolute Gasteiger partial charge is 0.505 e. The highest BCUT2D eigenvalue weighted by molar-refractivity contribution is 7.92. The molecule has 0 atom stereocenters. The Labute approximate surface area is 164 Å². The second-order valence-electron chi connectivity index (χ2n) is 6.46. The Bertz CT molecular complexity index is 1320. The third kappa shape index (κ3) is 4.04. The maximum Gasteiger partial charge on any atom is 0.345 e. The molecule has 152 valence electrons. The predicted molar refractivity (Wildman–Crippen MR) is 103 cm³/mol. The lowest BCUT2D eigenvalue weighted by Gasteiger charge is -2.13. The van der Waals surface area contributed by atoms with Crippen LogP contribution in [0.15, 0.2) is 35.3 Å². The summed E-state index contributed by atoms with van der Waals surface area (Å²) in [6, 6.07) is 5.16. The number of aromatic carboxylic acids is 1. The summed E-state index contributed by atoms with van der Waals surface area (Å²) in [6.45, 7) is 0. The van der Waals surface area contributed by atoms with Gasteiger partial charge in [-0.05, 0) is 29.3 Å². The van der Waals surface area contributed by atoms with Crippen LogP contribution >= 0.6 is 0 Å². The zero-order chi connectivity index (χ0) is 21.5. The van der Waals surface area contributed by atoms with Gasteiger partial charge in [0.2, 0.25) is 10.0 Å². The molecular formula is C18H16FN3O6S. The van der Waals surface area contributed by atoms with Crippen LogP contribution in [0.1, 0.15) is 21.5 Å². The highest BCUT2D eigenvalue weighted by Gasteiger charge is 2.21. The van der Waals surface area contributed by atoms with Crippen molar-refractivity contribution in [3.05, 3.63) is 63.3 Å². The monoisotopic (exact) mass is 421 g/mol. The summed E-state index contributed by atoms with van der Waals surface area (Å²) in [5.74, 6) is -2.92. The zero-order valence-electron chi connectivity index (χ0n) is 15.3. The van der Waals surface area contributed by atoms with Crippen molar-refractivity contribution in [3.8, 4) is 5.75 Å². The average Bonchev–Trinajstić information content (AvgIpc) is 2.60. The second-order valence-corrected chi connectivity index (χ2v) is 8.21. The van der Waals surface area contributed by atoms with Crippen LogP contribution in [-0.2, 0) is 23.5 Å². The van der Waals surface area contributed by atoms with E-state index in [2.05, 4.69) is 9.71 Å². The molecule has 0 unspecified atom stereocenters. The van der Waals surface area contributed by atoms with E-state index >= 15 is 0 Å². The van der Waals surface area contributed by atoms with Crippen LogP contribution < -0.4 is 10.3 Å². The predicted octanol–water partition coefficient (Wildman–Crippen LogP) is 1.44. The first-order valence-corrected chi connectivity index (χ1v) is 10.1. The number of fused-ring (bicyclic) bond motifs is 1. The number of anilines is 1. The summed E-state index contributed by atoms with van der Waals surface area (Å²) in [7, 11) is -2.30. The van der Waals surface area contributed by atoms with Gasteiger partial charge in [-0.3, -0.25) is 14.5 Å². The first-order valence-electron chi connectivity index (χ1n) is 8.18. The first kappa shape index (κ1) is 20.3. The van der Waals surface area contributed by atoms with E-state index in [1.54, 1.807) is 0 Å². The molecule has 0 bridgehead atoms. The number of aryl methyl sites for hydroxylation is 1. The minimum absolute atomic E-state index is 0.0607. The van der Waals surface area contributed by atoms with Gasteiger partial charge in [0.05, 0.1) is 17.5 Å². The molecule has 0 aliphatic rings. The number of halogens is 1. The van der Waals surface area contributed by atoms with E-state index in [4.69, 9.17) is 5.11 Å². The molecule has 0 saturated heterocycles. The number of aromatic nitrogens is 2. The van der Waals surface area contributed by atoms with Crippen LogP contribution in [0.4, 0.5) is 10.1 Å². The highest BCUT2D eigenvalue weighted by atomic mass is 32.2. The molecule has 0 fully saturated rings. The van der Waals surface area contributed by atoms with E-state index in [0.29, 0.717) is 11.1 Å². The van der Waals surface area contributed by atoms with Crippen molar-refractivity contribution < 1.29 is 27.8 Å². The van der Waals surface area contributed by atoms with Gasteiger partial charge in [0.1, 0.15) is 11.3 Å². The van der Waals surface area contributed by atoms with Crippen molar-refractivity contribution in [1.29, 1.82) is 0 Å². The number of nitrogens with zero attached hydrogens (tertiary/aromatic N) is 2. The third-order valence-corrected chi connectivity index (χ3v) is 4.83. The topological polar surface area (TPSA) is 139 Å². The Balaban J connectivity index is 2.12. The van der Waals surface area contributed by atoms with Gasteiger partial charge < -0.3 is 14.8 Å². The SMILES string of the molecule is Cn1c(=O)c(C(=O)O)c(O)c2ncc(Cc3ccc(F)cc3NS(C)(=O)=O)cc21. The molecule has 2 aromatic heterocycles. The smallest absolute Gasteiger partial charge is 0.345 e.